The molecule has 0 heterocycles. The van der Waals surface area contributed by atoms with Gasteiger partial charge in [0.05, 0.1) is 0 Å². The minimum absolute atomic E-state index is 0.284. The Bertz CT molecular complexity index is 613. The van der Waals surface area contributed by atoms with E-state index in [0.29, 0.717) is 6.04 Å². The zero-order valence-electron chi connectivity index (χ0n) is 12.6. The molecule has 1 heteroatoms. The van der Waals surface area contributed by atoms with Crippen LogP contribution in [0.5, 0.6) is 0 Å². The van der Waals surface area contributed by atoms with Gasteiger partial charge in [-0.25, -0.2) is 0 Å². The number of benzene rings is 2. The molecule has 1 aliphatic rings. The first-order valence-electron chi connectivity index (χ1n) is 7.43. The third-order valence-electron chi connectivity index (χ3n) is 4.55. The van der Waals surface area contributed by atoms with Gasteiger partial charge in [-0.15, -0.1) is 0 Å². The van der Waals surface area contributed by atoms with Crippen LogP contribution >= 0.6 is 0 Å². The third kappa shape index (κ3) is 2.38. The minimum atomic E-state index is 0.284. The standard InChI is InChI=1S/C19H23N/c1-14-8-4-5-10-16(14)13-20-18-17-11-7-6-9-15(17)12-19(18,2)3/h4-11,18,20H,12-13H2,1-3H3. The Balaban J connectivity index is 1.82. The second-order valence-corrected chi connectivity index (χ2v) is 6.60. The Labute approximate surface area is 122 Å². The van der Waals surface area contributed by atoms with Crippen LogP contribution in [-0.4, -0.2) is 0 Å². The Hall–Kier alpha value is -1.60. The smallest absolute Gasteiger partial charge is 0.0380 e. The van der Waals surface area contributed by atoms with Crippen LogP contribution < -0.4 is 5.32 Å². The van der Waals surface area contributed by atoms with Gasteiger partial charge >= 0.3 is 0 Å². The fraction of sp³-hybridized carbons (Fsp3) is 0.368. The quantitative estimate of drug-likeness (QED) is 0.867. The number of fused-ring (bicyclic) bond motifs is 1. The van der Waals surface area contributed by atoms with Crippen molar-refractivity contribution in [2.45, 2.75) is 39.8 Å². The molecule has 0 aliphatic heterocycles. The second-order valence-electron chi connectivity index (χ2n) is 6.60. The number of rotatable bonds is 3. The van der Waals surface area contributed by atoms with E-state index in [0.717, 1.165) is 13.0 Å². The molecule has 0 amide bonds. The molecule has 2 aromatic carbocycles. The van der Waals surface area contributed by atoms with Gasteiger partial charge in [0.2, 0.25) is 0 Å². The van der Waals surface area contributed by atoms with E-state index in [1.165, 1.54) is 22.3 Å². The molecule has 0 radical (unpaired) electrons. The largest absolute Gasteiger partial charge is 0.305 e. The maximum absolute atomic E-state index is 3.79. The van der Waals surface area contributed by atoms with Crippen LogP contribution in [0, 0.1) is 12.3 Å². The monoisotopic (exact) mass is 265 g/mol. The molecule has 0 saturated heterocycles. The molecule has 1 aliphatic carbocycles. The highest BCUT2D eigenvalue weighted by molar-refractivity contribution is 5.38. The summed E-state index contributed by atoms with van der Waals surface area (Å²) in [6, 6.07) is 17.9. The van der Waals surface area contributed by atoms with Crippen molar-refractivity contribution in [1.29, 1.82) is 0 Å². The molecule has 0 bridgehead atoms. The molecule has 1 unspecified atom stereocenters. The Kier molecular flexibility index (Phi) is 3.39. The van der Waals surface area contributed by atoms with E-state index < -0.39 is 0 Å². The molecule has 0 fully saturated rings. The summed E-state index contributed by atoms with van der Waals surface area (Å²) in [6.45, 7) is 7.85. The molecule has 2 aromatic rings. The van der Waals surface area contributed by atoms with E-state index >= 15 is 0 Å². The van der Waals surface area contributed by atoms with Crippen LogP contribution in [0.3, 0.4) is 0 Å². The van der Waals surface area contributed by atoms with Crippen molar-refractivity contribution in [1.82, 2.24) is 5.32 Å². The van der Waals surface area contributed by atoms with Crippen LogP contribution in [-0.2, 0) is 13.0 Å². The molecule has 104 valence electrons. The predicted octanol–water partition coefficient (Wildman–Crippen LogP) is 4.41. The Morgan fingerprint density at radius 2 is 1.75 bits per heavy atom. The van der Waals surface area contributed by atoms with Crippen molar-refractivity contribution in [3.63, 3.8) is 0 Å². The average Bonchev–Trinajstić information content (AvgIpc) is 2.68. The molecular weight excluding hydrogens is 242 g/mol. The second kappa shape index (κ2) is 5.06. The lowest BCUT2D eigenvalue weighted by Crippen LogP contribution is -2.30. The molecule has 1 atom stereocenters. The van der Waals surface area contributed by atoms with Crippen molar-refractivity contribution < 1.29 is 0 Å². The van der Waals surface area contributed by atoms with Crippen LogP contribution in [0.25, 0.3) is 0 Å². The van der Waals surface area contributed by atoms with E-state index in [2.05, 4.69) is 74.6 Å². The van der Waals surface area contributed by atoms with Gasteiger partial charge in [0, 0.05) is 12.6 Å². The third-order valence-corrected chi connectivity index (χ3v) is 4.55. The fourth-order valence-corrected chi connectivity index (χ4v) is 3.40. The highest BCUT2D eigenvalue weighted by Gasteiger charge is 2.38. The van der Waals surface area contributed by atoms with Gasteiger partial charge in [-0.05, 0) is 41.0 Å². The molecule has 0 spiro atoms. The van der Waals surface area contributed by atoms with E-state index in [4.69, 9.17) is 0 Å². The van der Waals surface area contributed by atoms with E-state index in [9.17, 15) is 0 Å². The maximum Gasteiger partial charge on any atom is 0.0380 e. The number of nitrogens with one attached hydrogen (secondary N) is 1. The van der Waals surface area contributed by atoms with Crippen LogP contribution in [0.4, 0.5) is 0 Å². The number of hydrogen-bond donors (Lipinski definition) is 1. The van der Waals surface area contributed by atoms with E-state index in [1.807, 2.05) is 0 Å². The highest BCUT2D eigenvalue weighted by atomic mass is 14.9. The normalized spacial score (nSPS) is 19.9. The summed E-state index contributed by atoms with van der Waals surface area (Å²) in [5.41, 5.74) is 6.02. The molecule has 3 rings (SSSR count). The van der Waals surface area contributed by atoms with Gasteiger partial charge in [0.1, 0.15) is 0 Å². The molecule has 0 aromatic heterocycles. The first kappa shape index (κ1) is 13.4. The fourth-order valence-electron chi connectivity index (χ4n) is 3.40. The first-order chi connectivity index (χ1) is 9.58. The Morgan fingerprint density at radius 1 is 1.05 bits per heavy atom. The van der Waals surface area contributed by atoms with Crippen LogP contribution in [0.1, 0.15) is 42.1 Å². The van der Waals surface area contributed by atoms with Gasteiger partial charge in [-0.1, -0.05) is 62.4 Å². The lowest BCUT2D eigenvalue weighted by Gasteiger charge is -2.29. The predicted molar refractivity (Wildman–Crippen MR) is 84.7 cm³/mol. The van der Waals surface area contributed by atoms with Gasteiger partial charge in [0.25, 0.3) is 0 Å². The summed E-state index contributed by atoms with van der Waals surface area (Å²) < 4.78 is 0. The molecule has 1 N–H and O–H groups in total. The minimum Gasteiger partial charge on any atom is -0.305 e. The maximum atomic E-state index is 3.79. The van der Waals surface area contributed by atoms with Crippen molar-refractivity contribution in [3.05, 3.63) is 70.8 Å². The lowest BCUT2D eigenvalue weighted by molar-refractivity contribution is 0.268. The SMILES string of the molecule is Cc1ccccc1CNC1c2ccccc2CC1(C)C. The lowest BCUT2D eigenvalue weighted by atomic mass is 9.85. The highest BCUT2D eigenvalue weighted by Crippen LogP contribution is 2.45. The first-order valence-corrected chi connectivity index (χ1v) is 7.43. The van der Waals surface area contributed by atoms with E-state index in [1.54, 1.807) is 0 Å². The zero-order valence-corrected chi connectivity index (χ0v) is 12.6. The van der Waals surface area contributed by atoms with Gasteiger partial charge in [-0.2, -0.15) is 0 Å². The molecule has 1 nitrogen and oxygen atoms in total. The van der Waals surface area contributed by atoms with E-state index in [-0.39, 0.29) is 5.41 Å². The summed E-state index contributed by atoms with van der Waals surface area (Å²) in [4.78, 5) is 0. The average molecular weight is 265 g/mol. The van der Waals surface area contributed by atoms with Crippen molar-refractivity contribution >= 4 is 0 Å². The summed E-state index contributed by atoms with van der Waals surface area (Å²) in [7, 11) is 0. The topological polar surface area (TPSA) is 12.0 Å². The van der Waals surface area contributed by atoms with Gasteiger partial charge in [0.15, 0.2) is 0 Å². The van der Waals surface area contributed by atoms with Gasteiger partial charge < -0.3 is 5.32 Å². The molecular formula is C19H23N. The number of aryl methyl sites for hydroxylation is 1. The van der Waals surface area contributed by atoms with Crippen molar-refractivity contribution in [2.24, 2.45) is 5.41 Å². The van der Waals surface area contributed by atoms with Crippen LogP contribution in [0.2, 0.25) is 0 Å². The zero-order chi connectivity index (χ0) is 14.2. The van der Waals surface area contributed by atoms with Gasteiger partial charge in [-0.3, -0.25) is 0 Å². The number of hydrogen-bond acceptors (Lipinski definition) is 1. The molecule has 0 saturated carbocycles. The summed E-state index contributed by atoms with van der Waals surface area (Å²) in [5.74, 6) is 0. The summed E-state index contributed by atoms with van der Waals surface area (Å²) in [5, 5.41) is 3.79. The summed E-state index contributed by atoms with van der Waals surface area (Å²) >= 11 is 0. The molecule has 20 heavy (non-hydrogen) atoms. The Morgan fingerprint density at radius 3 is 2.55 bits per heavy atom. The van der Waals surface area contributed by atoms with Crippen molar-refractivity contribution in [3.8, 4) is 0 Å². The van der Waals surface area contributed by atoms with Crippen LogP contribution in [0.15, 0.2) is 48.5 Å². The summed E-state index contributed by atoms with van der Waals surface area (Å²) in [6.07, 6.45) is 1.16. The van der Waals surface area contributed by atoms with Crippen molar-refractivity contribution in [2.75, 3.05) is 0 Å².